The first-order chi connectivity index (χ1) is 12.6. The Morgan fingerprint density at radius 3 is 2.62 bits per heavy atom. The van der Waals surface area contributed by atoms with Crippen LogP contribution in [0.1, 0.15) is 48.2 Å². The molecular formula is C18H21ClN4O3. The SMILES string of the molecule is Cc1onc(-c2ccccc2Cl)c1C(=O)NNC(=O)NC1CCCCC1. The van der Waals surface area contributed by atoms with E-state index in [2.05, 4.69) is 21.3 Å². The van der Waals surface area contributed by atoms with Crippen molar-refractivity contribution in [2.45, 2.75) is 45.1 Å². The summed E-state index contributed by atoms with van der Waals surface area (Å²) in [5, 5.41) is 7.26. The van der Waals surface area contributed by atoms with E-state index >= 15 is 0 Å². The van der Waals surface area contributed by atoms with Crippen LogP contribution in [0.3, 0.4) is 0 Å². The lowest BCUT2D eigenvalue weighted by atomic mass is 9.96. The van der Waals surface area contributed by atoms with E-state index in [0.29, 0.717) is 22.0 Å². The van der Waals surface area contributed by atoms with Gasteiger partial charge < -0.3 is 9.84 Å². The van der Waals surface area contributed by atoms with E-state index < -0.39 is 11.9 Å². The Hall–Kier alpha value is -2.54. The predicted octanol–water partition coefficient (Wildman–Crippen LogP) is 3.58. The molecule has 0 atom stereocenters. The van der Waals surface area contributed by atoms with Crippen molar-refractivity contribution in [2.24, 2.45) is 0 Å². The third-order valence-corrected chi connectivity index (χ3v) is 4.78. The summed E-state index contributed by atoms with van der Waals surface area (Å²) in [6.45, 7) is 1.63. The monoisotopic (exact) mass is 376 g/mol. The van der Waals surface area contributed by atoms with Gasteiger partial charge >= 0.3 is 6.03 Å². The molecule has 2 aromatic rings. The summed E-state index contributed by atoms with van der Waals surface area (Å²) in [5.74, 6) is -0.177. The van der Waals surface area contributed by atoms with Crippen molar-refractivity contribution in [2.75, 3.05) is 0 Å². The average molecular weight is 377 g/mol. The number of hydrogen-bond donors (Lipinski definition) is 3. The standard InChI is InChI=1S/C18H21ClN4O3/c1-11-15(16(23-26-11)13-9-5-6-10-14(13)19)17(24)21-22-18(25)20-12-7-3-2-4-8-12/h5-6,9-10,12H,2-4,7-8H2,1H3,(H,21,24)(H2,20,22,25). The minimum Gasteiger partial charge on any atom is -0.360 e. The third-order valence-electron chi connectivity index (χ3n) is 4.45. The second kappa shape index (κ2) is 8.23. The largest absolute Gasteiger partial charge is 0.360 e. The lowest BCUT2D eigenvalue weighted by molar-refractivity contribution is 0.0934. The minimum atomic E-state index is -0.516. The number of carbonyl (C=O) groups is 2. The molecule has 8 heteroatoms. The first-order valence-electron chi connectivity index (χ1n) is 8.64. The summed E-state index contributed by atoms with van der Waals surface area (Å²) in [5.41, 5.74) is 5.94. The Labute approximate surface area is 156 Å². The highest BCUT2D eigenvalue weighted by Gasteiger charge is 2.23. The van der Waals surface area contributed by atoms with Crippen LogP contribution in [0.4, 0.5) is 4.79 Å². The van der Waals surface area contributed by atoms with Crippen LogP contribution in [0, 0.1) is 6.92 Å². The lowest BCUT2D eigenvalue weighted by Crippen LogP contribution is -2.50. The summed E-state index contributed by atoms with van der Waals surface area (Å²) in [7, 11) is 0. The number of carbonyl (C=O) groups excluding carboxylic acids is 2. The summed E-state index contributed by atoms with van der Waals surface area (Å²) >= 11 is 6.19. The fourth-order valence-corrected chi connectivity index (χ4v) is 3.35. The second-order valence-corrected chi connectivity index (χ2v) is 6.74. The van der Waals surface area contributed by atoms with Crippen molar-refractivity contribution >= 4 is 23.5 Å². The highest BCUT2D eigenvalue weighted by molar-refractivity contribution is 6.33. The summed E-state index contributed by atoms with van der Waals surface area (Å²) in [4.78, 5) is 24.5. The molecule has 1 aromatic carbocycles. The second-order valence-electron chi connectivity index (χ2n) is 6.33. The fraction of sp³-hybridized carbons (Fsp3) is 0.389. The predicted molar refractivity (Wildman–Crippen MR) is 97.7 cm³/mol. The number of aromatic nitrogens is 1. The van der Waals surface area contributed by atoms with Gasteiger partial charge in [-0.25, -0.2) is 10.2 Å². The highest BCUT2D eigenvalue weighted by Crippen LogP contribution is 2.30. The number of hydrogen-bond acceptors (Lipinski definition) is 4. The minimum absolute atomic E-state index is 0.150. The number of amides is 3. The number of rotatable bonds is 3. The topological polar surface area (TPSA) is 96.3 Å². The van der Waals surface area contributed by atoms with Crippen LogP contribution in [0.25, 0.3) is 11.3 Å². The van der Waals surface area contributed by atoms with Crippen molar-refractivity contribution < 1.29 is 14.1 Å². The molecule has 1 fully saturated rings. The van der Waals surface area contributed by atoms with Crippen LogP contribution in [0.2, 0.25) is 5.02 Å². The number of hydrazine groups is 1. The molecular weight excluding hydrogens is 356 g/mol. The molecule has 0 bridgehead atoms. The molecule has 7 nitrogen and oxygen atoms in total. The molecule has 0 unspecified atom stereocenters. The molecule has 0 saturated heterocycles. The molecule has 0 radical (unpaired) electrons. The molecule has 1 aliphatic carbocycles. The first kappa shape index (κ1) is 18.3. The van der Waals surface area contributed by atoms with Gasteiger partial charge in [-0.2, -0.15) is 0 Å². The van der Waals surface area contributed by atoms with Crippen LogP contribution in [0.15, 0.2) is 28.8 Å². The van der Waals surface area contributed by atoms with Gasteiger partial charge in [0.15, 0.2) is 0 Å². The molecule has 1 aliphatic rings. The van der Waals surface area contributed by atoms with Crippen LogP contribution >= 0.6 is 11.6 Å². The van der Waals surface area contributed by atoms with Crippen molar-refractivity contribution in [1.29, 1.82) is 0 Å². The van der Waals surface area contributed by atoms with Crippen molar-refractivity contribution in [3.8, 4) is 11.3 Å². The van der Waals surface area contributed by atoms with Crippen LogP contribution in [0.5, 0.6) is 0 Å². The van der Waals surface area contributed by atoms with Crippen LogP contribution in [-0.2, 0) is 0 Å². The van der Waals surface area contributed by atoms with Gasteiger partial charge in [0.1, 0.15) is 17.0 Å². The lowest BCUT2D eigenvalue weighted by Gasteiger charge is -2.22. The highest BCUT2D eigenvalue weighted by atomic mass is 35.5. The Balaban J connectivity index is 1.66. The van der Waals surface area contributed by atoms with Crippen LogP contribution in [-0.4, -0.2) is 23.1 Å². The number of nitrogens with zero attached hydrogens (tertiary/aromatic N) is 1. The first-order valence-corrected chi connectivity index (χ1v) is 9.02. The van der Waals surface area contributed by atoms with Gasteiger partial charge in [0.2, 0.25) is 0 Å². The van der Waals surface area contributed by atoms with Gasteiger partial charge in [-0.15, -0.1) is 0 Å². The molecule has 0 spiro atoms. The fourth-order valence-electron chi connectivity index (χ4n) is 3.12. The molecule has 1 heterocycles. The molecule has 1 aromatic heterocycles. The Morgan fingerprint density at radius 1 is 1.15 bits per heavy atom. The molecule has 3 amide bonds. The Morgan fingerprint density at radius 2 is 1.88 bits per heavy atom. The summed E-state index contributed by atoms with van der Waals surface area (Å²) in [6.07, 6.45) is 5.34. The molecule has 1 saturated carbocycles. The van der Waals surface area contributed by atoms with E-state index in [1.54, 1.807) is 31.2 Å². The zero-order chi connectivity index (χ0) is 18.5. The number of urea groups is 1. The molecule has 0 aliphatic heterocycles. The van der Waals surface area contributed by atoms with Crippen molar-refractivity contribution in [1.82, 2.24) is 21.3 Å². The van der Waals surface area contributed by atoms with Gasteiger partial charge in [0.25, 0.3) is 5.91 Å². The molecule has 138 valence electrons. The van der Waals surface area contributed by atoms with Gasteiger partial charge in [-0.05, 0) is 25.8 Å². The van der Waals surface area contributed by atoms with E-state index in [1.165, 1.54) is 6.42 Å². The van der Waals surface area contributed by atoms with E-state index in [4.69, 9.17) is 16.1 Å². The maximum Gasteiger partial charge on any atom is 0.333 e. The number of benzene rings is 1. The van der Waals surface area contributed by atoms with Gasteiger partial charge in [0.05, 0.1) is 5.02 Å². The van der Waals surface area contributed by atoms with Crippen molar-refractivity contribution in [3.63, 3.8) is 0 Å². The maximum absolute atomic E-state index is 12.5. The molecule has 3 N–H and O–H groups in total. The zero-order valence-corrected chi connectivity index (χ0v) is 15.2. The Bertz CT molecular complexity index is 799. The van der Waals surface area contributed by atoms with E-state index in [1.807, 2.05) is 0 Å². The average Bonchev–Trinajstić information content (AvgIpc) is 3.02. The summed E-state index contributed by atoms with van der Waals surface area (Å²) < 4.78 is 5.16. The van der Waals surface area contributed by atoms with Crippen LogP contribution < -0.4 is 16.2 Å². The van der Waals surface area contributed by atoms with E-state index in [9.17, 15) is 9.59 Å². The number of nitrogens with one attached hydrogen (secondary N) is 3. The summed E-state index contributed by atoms with van der Waals surface area (Å²) in [6, 6.07) is 6.76. The maximum atomic E-state index is 12.5. The molecule has 26 heavy (non-hydrogen) atoms. The quantitative estimate of drug-likeness (QED) is 0.713. The van der Waals surface area contributed by atoms with Gasteiger partial charge in [-0.3, -0.25) is 10.2 Å². The number of halogens is 1. The van der Waals surface area contributed by atoms with E-state index in [0.717, 1.165) is 25.7 Å². The number of aryl methyl sites for hydroxylation is 1. The third kappa shape index (κ3) is 4.16. The Kier molecular flexibility index (Phi) is 5.78. The van der Waals surface area contributed by atoms with Crippen molar-refractivity contribution in [3.05, 3.63) is 40.6 Å². The zero-order valence-electron chi connectivity index (χ0n) is 14.5. The van der Waals surface area contributed by atoms with Gasteiger partial charge in [0, 0.05) is 11.6 Å². The smallest absolute Gasteiger partial charge is 0.333 e. The van der Waals surface area contributed by atoms with Gasteiger partial charge in [-0.1, -0.05) is 54.2 Å². The van der Waals surface area contributed by atoms with E-state index in [-0.39, 0.29) is 11.6 Å². The normalized spacial score (nSPS) is 14.7. The molecule has 3 rings (SSSR count).